The molecule has 1 aromatic carbocycles. The minimum atomic E-state index is -3.98. The summed E-state index contributed by atoms with van der Waals surface area (Å²) in [5.41, 5.74) is -0.505. The Kier molecular flexibility index (Phi) is 4.41. The second-order valence-corrected chi connectivity index (χ2v) is 5.90. The third-order valence-corrected chi connectivity index (χ3v) is 4.35. The molecule has 0 amide bonds. The van der Waals surface area contributed by atoms with Gasteiger partial charge in [0.2, 0.25) is 0 Å². The molecule has 1 aliphatic rings. The second kappa shape index (κ2) is 5.90. The van der Waals surface area contributed by atoms with Crippen LogP contribution in [-0.4, -0.2) is 44.1 Å². The molecule has 0 unspecified atom stereocenters. The highest BCUT2D eigenvalue weighted by Gasteiger charge is 2.25. The molecule has 1 aromatic rings. The molecule has 1 fully saturated rings. The van der Waals surface area contributed by atoms with Crippen molar-refractivity contribution in [2.75, 3.05) is 31.0 Å². The van der Waals surface area contributed by atoms with Gasteiger partial charge in [-0.3, -0.25) is 4.72 Å². The first-order chi connectivity index (χ1) is 9.42. The first kappa shape index (κ1) is 14.9. The molecule has 1 saturated heterocycles. The van der Waals surface area contributed by atoms with Crippen LogP contribution in [-0.2, 0) is 14.9 Å². The van der Waals surface area contributed by atoms with Crippen LogP contribution >= 0.6 is 0 Å². The number of ether oxygens (including phenoxy) is 1. The molecule has 0 spiro atoms. The summed E-state index contributed by atoms with van der Waals surface area (Å²) >= 11 is 0. The summed E-state index contributed by atoms with van der Waals surface area (Å²) < 4.78 is 58.9. The molecular weight excluding hydrogens is 294 g/mol. The molecule has 0 aromatic heterocycles. The molecule has 6 nitrogen and oxygen atoms in total. The van der Waals surface area contributed by atoms with E-state index in [9.17, 15) is 17.2 Å². The molecule has 9 heteroatoms. The maximum atomic E-state index is 13.6. The van der Waals surface area contributed by atoms with E-state index in [-0.39, 0.29) is 19.7 Å². The van der Waals surface area contributed by atoms with Crippen LogP contribution in [0.1, 0.15) is 6.42 Å². The van der Waals surface area contributed by atoms with E-state index in [2.05, 4.69) is 0 Å². The Morgan fingerprint density at radius 1 is 1.25 bits per heavy atom. The SMILES string of the molecule is O=S(=O)(Nc1ccc(F)c(O)c1F)N1CCCOCC1. The van der Waals surface area contributed by atoms with E-state index < -0.39 is 33.3 Å². The molecule has 2 rings (SSSR count). The van der Waals surface area contributed by atoms with Crippen LogP contribution < -0.4 is 4.72 Å². The Morgan fingerprint density at radius 2 is 2.00 bits per heavy atom. The zero-order valence-corrected chi connectivity index (χ0v) is 11.3. The van der Waals surface area contributed by atoms with Gasteiger partial charge in [-0.1, -0.05) is 0 Å². The highest BCUT2D eigenvalue weighted by molar-refractivity contribution is 7.90. The lowest BCUT2D eigenvalue weighted by atomic mass is 10.3. The van der Waals surface area contributed by atoms with Crippen molar-refractivity contribution in [2.45, 2.75) is 6.42 Å². The van der Waals surface area contributed by atoms with E-state index in [0.29, 0.717) is 13.0 Å². The predicted molar refractivity (Wildman–Crippen MR) is 67.6 cm³/mol. The summed E-state index contributed by atoms with van der Waals surface area (Å²) in [5, 5.41) is 9.12. The molecular formula is C11H14F2N2O4S. The smallest absolute Gasteiger partial charge is 0.301 e. The van der Waals surface area contributed by atoms with Crippen LogP contribution in [0.3, 0.4) is 0 Å². The summed E-state index contributed by atoms with van der Waals surface area (Å²) in [5.74, 6) is -3.72. The molecule has 112 valence electrons. The number of phenols is 1. The normalized spacial score (nSPS) is 17.7. The molecule has 1 heterocycles. The van der Waals surface area contributed by atoms with E-state index in [1.54, 1.807) is 0 Å². The number of nitrogens with zero attached hydrogens (tertiary/aromatic N) is 1. The number of nitrogens with one attached hydrogen (secondary N) is 1. The van der Waals surface area contributed by atoms with Crippen molar-refractivity contribution in [3.8, 4) is 5.75 Å². The lowest BCUT2D eigenvalue weighted by Crippen LogP contribution is -2.37. The number of benzene rings is 1. The summed E-state index contributed by atoms with van der Waals surface area (Å²) in [6.45, 7) is 1.09. The number of anilines is 1. The van der Waals surface area contributed by atoms with Gasteiger partial charge in [0.1, 0.15) is 0 Å². The van der Waals surface area contributed by atoms with Crippen LogP contribution in [0.2, 0.25) is 0 Å². The molecule has 2 N–H and O–H groups in total. The minimum absolute atomic E-state index is 0.143. The van der Waals surface area contributed by atoms with Gasteiger partial charge in [-0.25, -0.2) is 8.78 Å². The van der Waals surface area contributed by atoms with E-state index in [1.807, 2.05) is 4.72 Å². The monoisotopic (exact) mass is 308 g/mol. The second-order valence-electron chi connectivity index (χ2n) is 4.23. The maximum absolute atomic E-state index is 13.6. The average molecular weight is 308 g/mol. The zero-order valence-electron chi connectivity index (χ0n) is 10.5. The third kappa shape index (κ3) is 3.17. The van der Waals surface area contributed by atoms with Crippen LogP contribution in [0.15, 0.2) is 12.1 Å². The highest BCUT2D eigenvalue weighted by atomic mass is 32.2. The quantitative estimate of drug-likeness (QED) is 0.875. The molecule has 0 aliphatic carbocycles. The topological polar surface area (TPSA) is 78.9 Å². The van der Waals surface area contributed by atoms with Gasteiger partial charge in [-0.15, -0.1) is 0 Å². The molecule has 0 atom stereocenters. The molecule has 0 radical (unpaired) electrons. The van der Waals surface area contributed by atoms with E-state index in [4.69, 9.17) is 9.84 Å². The number of halogens is 2. The fraction of sp³-hybridized carbons (Fsp3) is 0.455. The van der Waals surface area contributed by atoms with Gasteiger partial charge in [-0.2, -0.15) is 12.7 Å². The molecule has 0 bridgehead atoms. The van der Waals surface area contributed by atoms with Crippen molar-refractivity contribution in [1.29, 1.82) is 0 Å². The molecule has 0 saturated carbocycles. The van der Waals surface area contributed by atoms with Crippen molar-refractivity contribution in [1.82, 2.24) is 4.31 Å². The Balaban J connectivity index is 2.21. The Morgan fingerprint density at radius 3 is 2.75 bits per heavy atom. The minimum Gasteiger partial charge on any atom is -0.503 e. The fourth-order valence-electron chi connectivity index (χ4n) is 1.79. The summed E-state index contributed by atoms with van der Waals surface area (Å²) in [4.78, 5) is 0. The lowest BCUT2D eigenvalue weighted by Gasteiger charge is -2.20. The molecule has 20 heavy (non-hydrogen) atoms. The first-order valence-electron chi connectivity index (χ1n) is 5.94. The summed E-state index contributed by atoms with van der Waals surface area (Å²) in [6.07, 6.45) is 0.526. The Labute approximate surface area is 115 Å². The first-order valence-corrected chi connectivity index (χ1v) is 7.38. The average Bonchev–Trinajstić information content (AvgIpc) is 2.69. The largest absolute Gasteiger partial charge is 0.503 e. The number of rotatable bonds is 3. The van der Waals surface area contributed by atoms with Gasteiger partial charge in [0, 0.05) is 19.7 Å². The van der Waals surface area contributed by atoms with Crippen LogP contribution in [0.5, 0.6) is 5.75 Å². The fourth-order valence-corrected chi connectivity index (χ4v) is 3.04. The van der Waals surface area contributed by atoms with Crippen molar-refractivity contribution in [2.24, 2.45) is 0 Å². The van der Waals surface area contributed by atoms with Gasteiger partial charge in [0.25, 0.3) is 0 Å². The van der Waals surface area contributed by atoms with Gasteiger partial charge in [0.05, 0.1) is 12.3 Å². The zero-order chi connectivity index (χ0) is 14.8. The number of aromatic hydroxyl groups is 1. The Bertz CT molecular complexity index is 586. The van der Waals surface area contributed by atoms with Gasteiger partial charge >= 0.3 is 10.2 Å². The van der Waals surface area contributed by atoms with Crippen LogP contribution in [0.25, 0.3) is 0 Å². The summed E-state index contributed by atoms with van der Waals surface area (Å²) in [7, 11) is -3.98. The molecule has 1 aliphatic heterocycles. The third-order valence-electron chi connectivity index (χ3n) is 2.83. The van der Waals surface area contributed by atoms with Crippen LogP contribution in [0, 0.1) is 11.6 Å². The van der Waals surface area contributed by atoms with E-state index in [0.717, 1.165) is 16.4 Å². The van der Waals surface area contributed by atoms with Crippen LogP contribution in [0.4, 0.5) is 14.5 Å². The number of hydrogen-bond acceptors (Lipinski definition) is 4. The summed E-state index contributed by atoms with van der Waals surface area (Å²) in [6, 6.07) is 1.69. The lowest BCUT2D eigenvalue weighted by molar-refractivity contribution is 0.148. The predicted octanol–water partition coefficient (Wildman–Crippen LogP) is 1.05. The maximum Gasteiger partial charge on any atom is 0.301 e. The van der Waals surface area contributed by atoms with E-state index >= 15 is 0 Å². The van der Waals surface area contributed by atoms with Gasteiger partial charge in [0.15, 0.2) is 17.4 Å². The number of phenolic OH excluding ortho intramolecular Hbond substituents is 1. The van der Waals surface area contributed by atoms with Crippen molar-refractivity contribution in [3.63, 3.8) is 0 Å². The van der Waals surface area contributed by atoms with Crippen molar-refractivity contribution in [3.05, 3.63) is 23.8 Å². The number of hydrogen-bond donors (Lipinski definition) is 2. The standard InChI is InChI=1S/C11H14F2N2O4S/c12-8-2-3-9(10(13)11(8)16)14-20(17,18)15-4-1-6-19-7-5-15/h2-3,14,16H,1,4-7H2. The van der Waals surface area contributed by atoms with Gasteiger partial charge < -0.3 is 9.84 Å². The van der Waals surface area contributed by atoms with Crippen molar-refractivity contribution < 1.29 is 27.0 Å². The van der Waals surface area contributed by atoms with Crippen molar-refractivity contribution >= 4 is 15.9 Å². The highest BCUT2D eigenvalue weighted by Crippen LogP contribution is 2.27. The Hall–Kier alpha value is -1.45. The van der Waals surface area contributed by atoms with E-state index in [1.165, 1.54) is 0 Å². The van der Waals surface area contributed by atoms with Gasteiger partial charge in [-0.05, 0) is 18.6 Å².